The second kappa shape index (κ2) is 5.85. The zero-order valence-corrected chi connectivity index (χ0v) is 9.84. The maximum Gasteiger partial charge on any atom is 0.304 e. The van der Waals surface area contributed by atoms with E-state index in [1.165, 1.54) is 0 Å². The molecule has 0 radical (unpaired) electrons. The SMILES string of the molecule is CCc1ccc(CSC(C)CC(=O)O)o1. The minimum Gasteiger partial charge on any atom is -0.481 e. The van der Waals surface area contributed by atoms with Crippen molar-refractivity contribution in [1.29, 1.82) is 0 Å². The van der Waals surface area contributed by atoms with Gasteiger partial charge in [-0.1, -0.05) is 13.8 Å². The highest BCUT2D eigenvalue weighted by molar-refractivity contribution is 7.99. The first-order valence-corrected chi connectivity index (χ1v) is 6.07. The lowest BCUT2D eigenvalue weighted by Crippen LogP contribution is -2.05. The van der Waals surface area contributed by atoms with Crippen molar-refractivity contribution < 1.29 is 14.3 Å². The predicted molar refractivity (Wildman–Crippen MR) is 61.1 cm³/mol. The van der Waals surface area contributed by atoms with Crippen LogP contribution in [0.4, 0.5) is 0 Å². The number of hydrogen-bond acceptors (Lipinski definition) is 3. The third-order valence-electron chi connectivity index (χ3n) is 2.04. The lowest BCUT2D eigenvalue weighted by molar-refractivity contribution is -0.136. The molecule has 1 rings (SSSR count). The van der Waals surface area contributed by atoms with Crippen LogP contribution in [0.5, 0.6) is 0 Å². The van der Waals surface area contributed by atoms with Gasteiger partial charge in [0.1, 0.15) is 11.5 Å². The smallest absolute Gasteiger partial charge is 0.304 e. The Balaban J connectivity index is 2.33. The number of hydrogen-bond donors (Lipinski definition) is 1. The molecule has 0 bridgehead atoms. The standard InChI is InChI=1S/C11H16O3S/c1-3-9-4-5-10(14-9)7-15-8(2)6-11(12)13/h4-5,8H,3,6-7H2,1-2H3,(H,12,13). The number of aliphatic carboxylic acids is 1. The largest absolute Gasteiger partial charge is 0.481 e. The quantitative estimate of drug-likeness (QED) is 0.813. The number of carbonyl (C=O) groups is 1. The first-order chi connectivity index (χ1) is 7.11. The monoisotopic (exact) mass is 228 g/mol. The van der Waals surface area contributed by atoms with Gasteiger partial charge in [0.2, 0.25) is 0 Å². The van der Waals surface area contributed by atoms with E-state index in [0.29, 0.717) is 0 Å². The molecule has 0 saturated heterocycles. The minimum absolute atomic E-state index is 0.123. The molecule has 0 aliphatic carbocycles. The molecule has 0 amide bonds. The summed E-state index contributed by atoms with van der Waals surface area (Å²) in [4.78, 5) is 10.4. The average Bonchev–Trinajstić information content (AvgIpc) is 2.61. The van der Waals surface area contributed by atoms with Crippen molar-refractivity contribution >= 4 is 17.7 Å². The Morgan fingerprint density at radius 2 is 2.20 bits per heavy atom. The van der Waals surface area contributed by atoms with Crippen molar-refractivity contribution in [2.45, 2.75) is 37.7 Å². The molecule has 4 heteroatoms. The Hall–Kier alpha value is -0.900. The van der Waals surface area contributed by atoms with Crippen molar-refractivity contribution in [2.75, 3.05) is 0 Å². The zero-order valence-electron chi connectivity index (χ0n) is 9.03. The Kier molecular flexibility index (Phi) is 4.75. The highest BCUT2D eigenvalue weighted by atomic mass is 32.2. The fourth-order valence-corrected chi connectivity index (χ4v) is 2.08. The Labute approximate surface area is 93.9 Å². The van der Waals surface area contributed by atoms with Crippen LogP contribution >= 0.6 is 11.8 Å². The summed E-state index contributed by atoms with van der Waals surface area (Å²) in [5.74, 6) is 1.91. The van der Waals surface area contributed by atoms with Crippen LogP contribution in [0.2, 0.25) is 0 Å². The van der Waals surface area contributed by atoms with Gasteiger partial charge in [-0.3, -0.25) is 4.79 Å². The second-order valence-electron chi connectivity index (χ2n) is 3.44. The first kappa shape index (κ1) is 12.2. The summed E-state index contributed by atoms with van der Waals surface area (Å²) in [5.41, 5.74) is 0. The van der Waals surface area contributed by atoms with Gasteiger partial charge in [0.15, 0.2) is 0 Å². The maximum absolute atomic E-state index is 10.4. The fourth-order valence-electron chi connectivity index (χ4n) is 1.22. The average molecular weight is 228 g/mol. The van der Waals surface area contributed by atoms with Crippen LogP contribution in [-0.2, 0) is 17.0 Å². The van der Waals surface area contributed by atoms with Crippen molar-refractivity contribution in [3.05, 3.63) is 23.7 Å². The molecule has 3 nitrogen and oxygen atoms in total. The molecule has 0 aromatic carbocycles. The summed E-state index contributed by atoms with van der Waals surface area (Å²) < 4.78 is 5.52. The van der Waals surface area contributed by atoms with Crippen LogP contribution in [-0.4, -0.2) is 16.3 Å². The zero-order chi connectivity index (χ0) is 11.3. The van der Waals surface area contributed by atoms with Crippen molar-refractivity contribution in [1.82, 2.24) is 0 Å². The van der Waals surface area contributed by atoms with Crippen LogP contribution in [0.15, 0.2) is 16.5 Å². The second-order valence-corrected chi connectivity index (χ2v) is 4.87. The molecule has 0 spiro atoms. The van der Waals surface area contributed by atoms with E-state index in [0.717, 1.165) is 23.7 Å². The van der Waals surface area contributed by atoms with E-state index in [2.05, 4.69) is 0 Å². The van der Waals surface area contributed by atoms with Gasteiger partial charge < -0.3 is 9.52 Å². The maximum atomic E-state index is 10.4. The highest BCUT2D eigenvalue weighted by Gasteiger charge is 2.09. The van der Waals surface area contributed by atoms with Gasteiger partial charge in [-0.25, -0.2) is 0 Å². The Morgan fingerprint density at radius 1 is 1.53 bits per heavy atom. The number of furan rings is 1. The topological polar surface area (TPSA) is 50.4 Å². The molecule has 84 valence electrons. The van der Waals surface area contributed by atoms with Crippen LogP contribution in [0.3, 0.4) is 0 Å². The molecule has 1 atom stereocenters. The highest BCUT2D eigenvalue weighted by Crippen LogP contribution is 2.21. The van der Waals surface area contributed by atoms with E-state index < -0.39 is 5.97 Å². The lowest BCUT2D eigenvalue weighted by atomic mass is 10.3. The number of thioether (sulfide) groups is 1. The molecule has 1 N–H and O–H groups in total. The normalized spacial score (nSPS) is 12.7. The van der Waals surface area contributed by atoms with Gasteiger partial charge in [-0.05, 0) is 12.1 Å². The van der Waals surface area contributed by atoms with E-state index in [1.54, 1.807) is 11.8 Å². The molecule has 15 heavy (non-hydrogen) atoms. The van der Waals surface area contributed by atoms with E-state index >= 15 is 0 Å². The fraction of sp³-hybridized carbons (Fsp3) is 0.545. The van der Waals surface area contributed by atoms with Crippen LogP contribution in [0, 0.1) is 0 Å². The van der Waals surface area contributed by atoms with Crippen LogP contribution < -0.4 is 0 Å². The number of aryl methyl sites for hydroxylation is 1. The van der Waals surface area contributed by atoms with E-state index in [4.69, 9.17) is 9.52 Å². The molecule has 0 aliphatic rings. The Bertz CT molecular complexity index is 319. The van der Waals surface area contributed by atoms with Gasteiger partial charge in [-0.15, -0.1) is 0 Å². The summed E-state index contributed by atoms with van der Waals surface area (Å²) in [6.45, 7) is 3.96. The van der Waals surface area contributed by atoms with E-state index in [1.807, 2.05) is 26.0 Å². The molecule has 0 saturated carbocycles. The molecule has 1 heterocycles. The van der Waals surface area contributed by atoms with Gasteiger partial charge in [0, 0.05) is 11.7 Å². The van der Waals surface area contributed by atoms with Crippen LogP contribution in [0.1, 0.15) is 31.8 Å². The van der Waals surface area contributed by atoms with Gasteiger partial charge in [0.05, 0.1) is 12.2 Å². The molecule has 0 fully saturated rings. The molecule has 0 aliphatic heterocycles. The molecule has 1 aromatic heterocycles. The molecule has 1 aromatic rings. The summed E-state index contributed by atoms with van der Waals surface area (Å²) in [6, 6.07) is 3.93. The van der Waals surface area contributed by atoms with Crippen molar-refractivity contribution in [2.24, 2.45) is 0 Å². The Morgan fingerprint density at radius 3 is 2.73 bits per heavy atom. The lowest BCUT2D eigenvalue weighted by Gasteiger charge is -2.06. The third-order valence-corrected chi connectivity index (χ3v) is 3.22. The summed E-state index contributed by atoms with van der Waals surface area (Å²) in [7, 11) is 0. The van der Waals surface area contributed by atoms with Gasteiger partial charge in [-0.2, -0.15) is 11.8 Å². The summed E-state index contributed by atoms with van der Waals surface area (Å²) in [5, 5.41) is 8.71. The summed E-state index contributed by atoms with van der Waals surface area (Å²) in [6.07, 6.45) is 1.10. The number of carboxylic acids is 1. The molecular formula is C11H16O3S. The number of carboxylic acid groups (broad SMARTS) is 1. The van der Waals surface area contributed by atoms with E-state index in [9.17, 15) is 4.79 Å². The van der Waals surface area contributed by atoms with Crippen LogP contribution in [0.25, 0.3) is 0 Å². The molecule has 1 unspecified atom stereocenters. The van der Waals surface area contributed by atoms with Crippen molar-refractivity contribution in [3.63, 3.8) is 0 Å². The minimum atomic E-state index is -0.747. The van der Waals surface area contributed by atoms with Gasteiger partial charge >= 0.3 is 5.97 Å². The summed E-state index contributed by atoms with van der Waals surface area (Å²) >= 11 is 1.61. The van der Waals surface area contributed by atoms with Crippen molar-refractivity contribution in [3.8, 4) is 0 Å². The first-order valence-electron chi connectivity index (χ1n) is 5.02. The predicted octanol–water partition coefficient (Wildman–Crippen LogP) is 2.94. The van der Waals surface area contributed by atoms with E-state index in [-0.39, 0.29) is 11.7 Å². The number of rotatable bonds is 6. The molecular weight excluding hydrogens is 212 g/mol. The van der Waals surface area contributed by atoms with Gasteiger partial charge in [0.25, 0.3) is 0 Å². The third kappa shape index (κ3) is 4.42.